The fourth-order valence-corrected chi connectivity index (χ4v) is 5.12. The van der Waals surface area contributed by atoms with Gasteiger partial charge in [0.2, 0.25) is 5.95 Å². The van der Waals surface area contributed by atoms with Crippen LogP contribution in [0.3, 0.4) is 0 Å². The number of benzene rings is 3. The van der Waals surface area contributed by atoms with Gasteiger partial charge in [-0.1, -0.05) is 60.7 Å². The topological polar surface area (TPSA) is 87.7 Å². The van der Waals surface area contributed by atoms with Crippen molar-refractivity contribution in [2.24, 2.45) is 0 Å². The lowest BCUT2D eigenvalue weighted by molar-refractivity contribution is 0.0205. The number of hydrogen-bond donors (Lipinski definition) is 1. The molecule has 1 aliphatic heterocycles. The summed E-state index contributed by atoms with van der Waals surface area (Å²) in [5, 5.41) is 5.45. The molecule has 0 aliphatic carbocycles. The Labute approximate surface area is 241 Å². The second-order valence-corrected chi connectivity index (χ2v) is 11.5. The highest BCUT2D eigenvalue weighted by Crippen LogP contribution is 2.28. The molecule has 1 atom stereocenters. The van der Waals surface area contributed by atoms with Crippen molar-refractivity contribution < 1.29 is 14.3 Å². The molecule has 1 N–H and O–H groups in total. The molecule has 0 spiro atoms. The van der Waals surface area contributed by atoms with Crippen molar-refractivity contribution in [1.82, 2.24) is 14.9 Å². The summed E-state index contributed by atoms with van der Waals surface area (Å²) in [6, 6.07) is 25.4. The molecule has 41 heavy (non-hydrogen) atoms. The van der Waals surface area contributed by atoms with Crippen LogP contribution in [-0.2, 0) is 4.74 Å². The third kappa shape index (κ3) is 6.82. The molecule has 2 heterocycles. The molecule has 3 aromatic carbocycles. The van der Waals surface area contributed by atoms with Crippen LogP contribution in [0.2, 0.25) is 0 Å². The minimum Gasteiger partial charge on any atom is -0.444 e. The Morgan fingerprint density at radius 2 is 1.63 bits per heavy atom. The third-order valence-electron chi connectivity index (χ3n) is 7.23. The van der Waals surface area contributed by atoms with E-state index >= 15 is 0 Å². The number of carbonyl (C=O) groups is 2. The number of anilines is 2. The van der Waals surface area contributed by atoms with Gasteiger partial charge in [-0.05, 0) is 75.1 Å². The molecule has 4 aromatic rings. The average molecular weight is 552 g/mol. The summed E-state index contributed by atoms with van der Waals surface area (Å²) in [6.45, 7) is 8.61. The van der Waals surface area contributed by atoms with Crippen molar-refractivity contribution in [3.05, 3.63) is 96.2 Å². The van der Waals surface area contributed by atoms with Gasteiger partial charge in [0.15, 0.2) is 0 Å². The number of nitrogens with one attached hydrogen (secondary N) is 1. The van der Waals surface area contributed by atoms with Crippen LogP contribution in [0.15, 0.2) is 85.1 Å². The standard InChI is InChI=1S/C33H37N5O3/c1-23(24-10-6-5-7-11-24)35-31-34-19-16-29(36-31)38(28-17-20-37(21-18-28)32(40)41-33(2,3)4)30(39)27-15-14-25-12-8-9-13-26(25)22-27/h5-16,19,22-23,28H,17-18,20-21H2,1-4H3,(H,34,35,36)/t23-/m0/s1. The maximum Gasteiger partial charge on any atom is 0.410 e. The zero-order valence-electron chi connectivity index (χ0n) is 24.1. The number of likely N-dealkylation sites (tertiary alicyclic amines) is 1. The first-order chi connectivity index (χ1) is 19.7. The summed E-state index contributed by atoms with van der Waals surface area (Å²) in [6.07, 6.45) is 2.56. The second-order valence-electron chi connectivity index (χ2n) is 11.5. The molecule has 1 fully saturated rings. The van der Waals surface area contributed by atoms with Gasteiger partial charge in [0.05, 0.1) is 6.04 Å². The first-order valence-electron chi connectivity index (χ1n) is 14.1. The number of hydrogen-bond acceptors (Lipinski definition) is 6. The van der Waals surface area contributed by atoms with Crippen LogP contribution < -0.4 is 10.2 Å². The first kappa shape index (κ1) is 28.1. The van der Waals surface area contributed by atoms with Crippen molar-refractivity contribution >= 4 is 34.5 Å². The second kappa shape index (κ2) is 12.0. The maximum atomic E-state index is 14.2. The fraction of sp³-hybridized carbons (Fsp3) is 0.333. The third-order valence-corrected chi connectivity index (χ3v) is 7.23. The number of carbonyl (C=O) groups excluding carboxylic acids is 2. The Kier molecular flexibility index (Phi) is 8.19. The van der Waals surface area contributed by atoms with Crippen LogP contribution in [0.5, 0.6) is 0 Å². The summed E-state index contributed by atoms with van der Waals surface area (Å²) >= 11 is 0. The van der Waals surface area contributed by atoms with Gasteiger partial charge >= 0.3 is 6.09 Å². The minimum atomic E-state index is -0.562. The number of aromatic nitrogens is 2. The van der Waals surface area contributed by atoms with E-state index in [0.29, 0.717) is 43.3 Å². The van der Waals surface area contributed by atoms with Crippen LogP contribution in [0.25, 0.3) is 10.8 Å². The number of ether oxygens (including phenoxy) is 1. The van der Waals surface area contributed by atoms with Crippen LogP contribution in [0.1, 0.15) is 62.5 Å². The molecule has 2 amide bonds. The predicted octanol–water partition coefficient (Wildman–Crippen LogP) is 6.85. The normalized spacial score (nSPS) is 14.9. The summed E-state index contributed by atoms with van der Waals surface area (Å²) in [5.41, 5.74) is 1.14. The number of amides is 2. The molecule has 0 saturated carbocycles. The lowest BCUT2D eigenvalue weighted by Gasteiger charge is -2.38. The van der Waals surface area contributed by atoms with Crippen LogP contribution in [-0.4, -0.2) is 51.6 Å². The van der Waals surface area contributed by atoms with E-state index in [1.54, 1.807) is 22.1 Å². The van der Waals surface area contributed by atoms with Crippen molar-refractivity contribution in [2.45, 2.75) is 58.2 Å². The maximum absolute atomic E-state index is 14.2. The van der Waals surface area contributed by atoms with Crippen molar-refractivity contribution in [2.75, 3.05) is 23.3 Å². The van der Waals surface area contributed by atoms with E-state index in [2.05, 4.69) is 29.4 Å². The van der Waals surface area contributed by atoms with Crippen LogP contribution >= 0.6 is 0 Å². The SMILES string of the molecule is C[C@H](Nc1nccc(N(C(=O)c2ccc3ccccc3c2)C2CCN(C(=O)OC(C)(C)C)CC2)n1)c1ccccc1. The molecule has 0 unspecified atom stereocenters. The van der Waals surface area contributed by atoms with Crippen LogP contribution in [0, 0.1) is 0 Å². The average Bonchev–Trinajstić information content (AvgIpc) is 2.97. The molecule has 8 nitrogen and oxygen atoms in total. The van der Waals surface area contributed by atoms with E-state index in [0.717, 1.165) is 16.3 Å². The zero-order valence-corrected chi connectivity index (χ0v) is 24.1. The highest BCUT2D eigenvalue weighted by Gasteiger charge is 2.33. The Bertz CT molecular complexity index is 1510. The molecule has 1 aromatic heterocycles. The number of nitrogens with zero attached hydrogens (tertiary/aromatic N) is 4. The van der Waals surface area contributed by atoms with Gasteiger partial charge in [0, 0.05) is 30.9 Å². The van der Waals surface area contributed by atoms with Gasteiger partial charge < -0.3 is 15.0 Å². The molecule has 1 saturated heterocycles. The van der Waals surface area contributed by atoms with Crippen molar-refractivity contribution in [3.63, 3.8) is 0 Å². The Hall–Kier alpha value is -4.46. The summed E-state index contributed by atoms with van der Waals surface area (Å²) < 4.78 is 5.58. The molecule has 8 heteroatoms. The number of piperidine rings is 1. The van der Waals surface area contributed by atoms with Gasteiger partial charge in [-0.2, -0.15) is 4.98 Å². The van der Waals surface area contributed by atoms with E-state index in [1.807, 2.05) is 81.4 Å². The van der Waals surface area contributed by atoms with Gasteiger partial charge in [-0.25, -0.2) is 9.78 Å². The Balaban J connectivity index is 1.42. The van der Waals surface area contributed by atoms with E-state index in [1.165, 1.54) is 0 Å². The molecule has 0 bridgehead atoms. The first-order valence-corrected chi connectivity index (χ1v) is 14.1. The van der Waals surface area contributed by atoms with Gasteiger partial charge in [-0.3, -0.25) is 9.69 Å². The Morgan fingerprint density at radius 3 is 2.34 bits per heavy atom. The predicted molar refractivity (Wildman–Crippen MR) is 162 cm³/mol. The van der Waals surface area contributed by atoms with Crippen molar-refractivity contribution in [3.8, 4) is 0 Å². The monoisotopic (exact) mass is 551 g/mol. The highest BCUT2D eigenvalue weighted by molar-refractivity contribution is 6.08. The Morgan fingerprint density at radius 1 is 0.951 bits per heavy atom. The smallest absolute Gasteiger partial charge is 0.410 e. The van der Waals surface area contributed by atoms with E-state index in [-0.39, 0.29) is 24.1 Å². The molecule has 1 aliphatic rings. The summed E-state index contributed by atoms with van der Waals surface area (Å²) in [7, 11) is 0. The largest absolute Gasteiger partial charge is 0.444 e. The van der Waals surface area contributed by atoms with Crippen LogP contribution in [0.4, 0.5) is 16.6 Å². The van der Waals surface area contributed by atoms with E-state index < -0.39 is 5.60 Å². The summed E-state index contributed by atoms with van der Waals surface area (Å²) in [4.78, 5) is 39.6. The minimum absolute atomic E-state index is 0.0202. The molecule has 5 rings (SSSR count). The molecular formula is C33H37N5O3. The number of fused-ring (bicyclic) bond motifs is 1. The quantitative estimate of drug-likeness (QED) is 0.282. The van der Waals surface area contributed by atoms with Gasteiger partial charge in [-0.15, -0.1) is 0 Å². The van der Waals surface area contributed by atoms with Gasteiger partial charge in [0.1, 0.15) is 11.4 Å². The lowest BCUT2D eigenvalue weighted by Crippen LogP contribution is -2.50. The zero-order chi connectivity index (χ0) is 29.0. The fourth-order valence-electron chi connectivity index (χ4n) is 5.12. The molecular weight excluding hydrogens is 514 g/mol. The summed E-state index contributed by atoms with van der Waals surface area (Å²) in [5.74, 6) is 0.838. The van der Waals surface area contributed by atoms with E-state index in [4.69, 9.17) is 9.72 Å². The lowest BCUT2D eigenvalue weighted by atomic mass is 10.0. The number of rotatable bonds is 6. The van der Waals surface area contributed by atoms with Crippen molar-refractivity contribution in [1.29, 1.82) is 0 Å². The van der Waals surface area contributed by atoms with E-state index in [9.17, 15) is 9.59 Å². The highest BCUT2D eigenvalue weighted by atomic mass is 16.6. The molecule has 0 radical (unpaired) electrons. The van der Waals surface area contributed by atoms with Gasteiger partial charge in [0.25, 0.3) is 5.91 Å². The molecule has 212 valence electrons.